The molecule has 0 amide bonds. The summed E-state index contributed by atoms with van der Waals surface area (Å²) in [6, 6.07) is 17.4. The molecule has 0 saturated heterocycles. The number of carbonyl (C=O) groups is 1. The Morgan fingerprint density at radius 1 is 1.12 bits per heavy atom. The largest absolute Gasteiger partial charge is 0.493 e. The summed E-state index contributed by atoms with van der Waals surface area (Å²) in [7, 11) is 0. The first-order chi connectivity index (χ1) is 16.5. The number of hydrogen-bond acceptors (Lipinski definition) is 5. The van der Waals surface area contributed by atoms with Crippen LogP contribution in [0.4, 0.5) is 0 Å². The molecule has 5 nitrogen and oxygen atoms in total. The number of halogens is 1. The Balaban J connectivity index is 1.37. The zero-order valence-electron chi connectivity index (χ0n) is 19.3. The Labute approximate surface area is 204 Å². The number of hydrogen-bond donors (Lipinski definition) is 0. The van der Waals surface area contributed by atoms with Crippen LogP contribution in [0, 0.1) is 6.92 Å². The monoisotopic (exact) mass is 475 g/mol. The van der Waals surface area contributed by atoms with Gasteiger partial charge >= 0.3 is 0 Å². The average molecular weight is 476 g/mol. The highest BCUT2D eigenvalue weighted by Gasteiger charge is 2.33. The van der Waals surface area contributed by atoms with Crippen LogP contribution in [0.2, 0.25) is 5.02 Å². The molecule has 0 aliphatic carbocycles. The first kappa shape index (κ1) is 22.5. The number of ether oxygens (including phenoxy) is 3. The van der Waals surface area contributed by atoms with E-state index < -0.39 is 0 Å². The van der Waals surface area contributed by atoms with Crippen molar-refractivity contribution < 1.29 is 19.0 Å². The lowest BCUT2D eigenvalue weighted by Gasteiger charge is -2.30. The Kier molecular flexibility index (Phi) is 6.31. The second kappa shape index (κ2) is 9.53. The number of rotatable bonds is 6. The second-order valence-electron chi connectivity index (χ2n) is 8.44. The third-order valence-corrected chi connectivity index (χ3v) is 6.53. The summed E-state index contributed by atoms with van der Waals surface area (Å²) in [5, 5.41) is 0.780. The molecule has 3 aromatic carbocycles. The second-order valence-corrected chi connectivity index (χ2v) is 8.85. The fraction of sp³-hybridized carbons (Fsp3) is 0.250. The fourth-order valence-electron chi connectivity index (χ4n) is 4.45. The molecule has 34 heavy (non-hydrogen) atoms. The van der Waals surface area contributed by atoms with Crippen LogP contribution < -0.4 is 14.2 Å². The van der Waals surface area contributed by atoms with Gasteiger partial charge in [-0.15, -0.1) is 0 Å². The molecule has 2 aliphatic heterocycles. The number of allylic oxidation sites excluding steroid dienone is 1. The maximum Gasteiger partial charge on any atom is 0.231 e. The fourth-order valence-corrected chi connectivity index (χ4v) is 4.68. The Morgan fingerprint density at radius 3 is 2.74 bits per heavy atom. The minimum atomic E-state index is -0.125. The molecule has 2 heterocycles. The molecule has 5 rings (SSSR count). The Bertz CT molecular complexity index is 1280. The zero-order valence-corrected chi connectivity index (χ0v) is 20.0. The van der Waals surface area contributed by atoms with Crippen molar-refractivity contribution in [1.29, 1.82) is 0 Å². The molecule has 6 heteroatoms. The molecule has 0 atom stereocenters. The predicted octanol–water partition coefficient (Wildman–Crippen LogP) is 6.06. The van der Waals surface area contributed by atoms with Gasteiger partial charge in [-0.05, 0) is 50.1 Å². The number of ketones is 1. The smallest absolute Gasteiger partial charge is 0.231 e. The van der Waals surface area contributed by atoms with Gasteiger partial charge in [0.05, 0.1) is 12.2 Å². The lowest BCUT2D eigenvalue weighted by Crippen LogP contribution is -2.34. The number of para-hydroxylation sites is 1. The molecule has 174 valence electrons. The Hall–Kier alpha value is -3.28. The molecule has 0 saturated carbocycles. The highest BCUT2D eigenvalue weighted by atomic mass is 35.5. The molecular formula is C28H26ClNO4. The molecule has 3 aromatic rings. The van der Waals surface area contributed by atoms with Crippen LogP contribution in [0.25, 0.3) is 6.08 Å². The summed E-state index contributed by atoms with van der Waals surface area (Å²) < 4.78 is 17.9. The number of Topliss-reactive ketones (excluding diaryl/α,β-unsaturated/α-hetero) is 1. The summed E-state index contributed by atoms with van der Waals surface area (Å²) in [6.07, 6.45) is 2.58. The van der Waals surface area contributed by atoms with E-state index in [1.165, 1.54) is 0 Å². The standard InChI is InChI=1S/C28H26ClNO4/c1-3-32-24-11-7-5-9-20(24)15-25-26(31)22-14-21-16-30(13-12-19-8-4-6-10-23(19)29)17-33-27(21)18(2)28(22)34-25/h4-11,14-15H,3,12-13,16-17H2,1-2H3/b25-15-. The van der Waals surface area contributed by atoms with E-state index in [0.29, 0.717) is 37.0 Å². The predicted molar refractivity (Wildman–Crippen MR) is 133 cm³/mol. The van der Waals surface area contributed by atoms with Crippen molar-refractivity contribution in [3.63, 3.8) is 0 Å². The number of nitrogens with zero attached hydrogens (tertiary/aromatic N) is 1. The van der Waals surface area contributed by atoms with Gasteiger partial charge in [-0.1, -0.05) is 48.0 Å². The van der Waals surface area contributed by atoms with Crippen LogP contribution in [0.5, 0.6) is 17.2 Å². The van der Waals surface area contributed by atoms with E-state index in [0.717, 1.165) is 51.7 Å². The highest BCUT2D eigenvalue weighted by Crippen LogP contribution is 2.43. The van der Waals surface area contributed by atoms with Gasteiger partial charge in [-0.2, -0.15) is 0 Å². The van der Waals surface area contributed by atoms with Crippen LogP contribution in [0.3, 0.4) is 0 Å². The topological polar surface area (TPSA) is 48.0 Å². The van der Waals surface area contributed by atoms with E-state index in [4.69, 9.17) is 25.8 Å². The molecule has 0 N–H and O–H groups in total. The average Bonchev–Trinajstić information content (AvgIpc) is 3.15. The molecule has 0 aromatic heterocycles. The van der Waals surface area contributed by atoms with Gasteiger partial charge in [-0.3, -0.25) is 9.69 Å². The van der Waals surface area contributed by atoms with Crippen molar-refractivity contribution in [1.82, 2.24) is 4.90 Å². The summed E-state index contributed by atoms with van der Waals surface area (Å²) in [4.78, 5) is 15.4. The van der Waals surface area contributed by atoms with Crippen LogP contribution in [0.15, 0.2) is 60.4 Å². The van der Waals surface area contributed by atoms with Crippen LogP contribution in [-0.4, -0.2) is 30.6 Å². The molecule has 2 aliphatic rings. The maximum atomic E-state index is 13.2. The van der Waals surface area contributed by atoms with Crippen LogP contribution >= 0.6 is 11.6 Å². The van der Waals surface area contributed by atoms with Crippen molar-refractivity contribution in [2.75, 3.05) is 19.9 Å². The van der Waals surface area contributed by atoms with Gasteiger partial charge in [0, 0.05) is 34.8 Å². The normalized spacial score (nSPS) is 16.1. The number of carbonyl (C=O) groups excluding carboxylic acids is 1. The molecule has 0 spiro atoms. The summed E-state index contributed by atoms with van der Waals surface area (Å²) >= 11 is 6.31. The van der Waals surface area contributed by atoms with E-state index in [-0.39, 0.29) is 5.78 Å². The Morgan fingerprint density at radius 2 is 1.91 bits per heavy atom. The lowest BCUT2D eigenvalue weighted by molar-refractivity contribution is 0.0954. The van der Waals surface area contributed by atoms with Gasteiger partial charge in [0.1, 0.15) is 24.0 Å². The third-order valence-electron chi connectivity index (χ3n) is 6.16. The lowest BCUT2D eigenvalue weighted by atomic mass is 9.99. The SMILES string of the molecule is CCOc1ccccc1/C=C1\Oc2c(cc3c(c2C)OCN(CCc2ccccc2Cl)C3)C1=O. The van der Waals surface area contributed by atoms with Crippen molar-refractivity contribution in [3.8, 4) is 17.2 Å². The molecule has 0 bridgehead atoms. The molecule has 0 radical (unpaired) electrons. The molecule has 0 unspecified atom stereocenters. The van der Waals surface area contributed by atoms with Gasteiger partial charge < -0.3 is 14.2 Å². The van der Waals surface area contributed by atoms with Gasteiger partial charge in [0.25, 0.3) is 0 Å². The van der Waals surface area contributed by atoms with E-state index in [9.17, 15) is 4.79 Å². The third kappa shape index (κ3) is 4.29. The number of benzene rings is 3. The minimum absolute atomic E-state index is 0.125. The van der Waals surface area contributed by atoms with E-state index in [2.05, 4.69) is 4.90 Å². The van der Waals surface area contributed by atoms with Crippen LogP contribution in [0.1, 0.15) is 39.5 Å². The minimum Gasteiger partial charge on any atom is -0.493 e. The van der Waals surface area contributed by atoms with Gasteiger partial charge in [0.2, 0.25) is 5.78 Å². The molecule has 0 fully saturated rings. The maximum absolute atomic E-state index is 13.2. The quantitative estimate of drug-likeness (QED) is 0.406. The first-order valence-electron chi connectivity index (χ1n) is 11.5. The van der Waals surface area contributed by atoms with Crippen LogP contribution in [-0.2, 0) is 13.0 Å². The van der Waals surface area contributed by atoms with E-state index >= 15 is 0 Å². The van der Waals surface area contributed by atoms with Crippen molar-refractivity contribution in [2.45, 2.75) is 26.8 Å². The first-order valence-corrected chi connectivity index (χ1v) is 11.8. The molecular weight excluding hydrogens is 450 g/mol. The van der Waals surface area contributed by atoms with Crippen molar-refractivity contribution in [2.24, 2.45) is 0 Å². The summed E-state index contributed by atoms with van der Waals surface area (Å²) in [5.41, 5.74) is 4.35. The van der Waals surface area contributed by atoms with Gasteiger partial charge in [-0.25, -0.2) is 0 Å². The van der Waals surface area contributed by atoms with Gasteiger partial charge in [0.15, 0.2) is 5.76 Å². The summed E-state index contributed by atoms with van der Waals surface area (Å²) in [6.45, 7) is 6.42. The van der Waals surface area contributed by atoms with E-state index in [1.54, 1.807) is 6.08 Å². The van der Waals surface area contributed by atoms with Crippen molar-refractivity contribution in [3.05, 3.63) is 93.2 Å². The number of fused-ring (bicyclic) bond motifs is 2. The zero-order chi connectivity index (χ0) is 23.7. The van der Waals surface area contributed by atoms with Crippen molar-refractivity contribution >= 4 is 23.5 Å². The summed E-state index contributed by atoms with van der Waals surface area (Å²) in [5.74, 6) is 2.27. The van der Waals surface area contributed by atoms with E-state index in [1.807, 2.05) is 68.4 Å². The highest BCUT2D eigenvalue weighted by molar-refractivity contribution is 6.31.